The molecule has 1 heteroatoms. The van der Waals surface area contributed by atoms with Gasteiger partial charge in [-0.2, -0.15) is 0 Å². The van der Waals surface area contributed by atoms with E-state index in [2.05, 4.69) is 32.0 Å². The zero-order valence-corrected chi connectivity index (χ0v) is 14.2. The SMILES string of the molecule is CCCCCCCCc1cccc(CCCCCC)c1O. The fourth-order valence-electron chi connectivity index (χ4n) is 2.89. The highest BCUT2D eigenvalue weighted by atomic mass is 16.3. The summed E-state index contributed by atoms with van der Waals surface area (Å²) in [5.41, 5.74) is 2.30. The second-order valence-corrected chi connectivity index (χ2v) is 6.25. The minimum absolute atomic E-state index is 0.572. The van der Waals surface area contributed by atoms with Crippen molar-refractivity contribution >= 4 is 0 Å². The van der Waals surface area contributed by atoms with E-state index in [-0.39, 0.29) is 0 Å². The van der Waals surface area contributed by atoms with Gasteiger partial charge in [-0.1, -0.05) is 83.4 Å². The summed E-state index contributed by atoms with van der Waals surface area (Å²) < 4.78 is 0. The second kappa shape index (κ2) is 11.7. The Morgan fingerprint density at radius 2 is 1.10 bits per heavy atom. The maximum atomic E-state index is 10.4. The van der Waals surface area contributed by atoms with Gasteiger partial charge in [-0.05, 0) is 36.8 Å². The Hall–Kier alpha value is -0.980. The third-order valence-corrected chi connectivity index (χ3v) is 4.30. The lowest BCUT2D eigenvalue weighted by Crippen LogP contribution is -1.93. The van der Waals surface area contributed by atoms with Gasteiger partial charge in [0, 0.05) is 0 Å². The van der Waals surface area contributed by atoms with Crippen LogP contribution in [-0.4, -0.2) is 5.11 Å². The molecule has 1 rings (SSSR count). The summed E-state index contributed by atoms with van der Waals surface area (Å²) in [5, 5.41) is 10.4. The summed E-state index contributed by atoms with van der Waals surface area (Å²) in [4.78, 5) is 0. The molecule has 0 aliphatic carbocycles. The number of para-hydroxylation sites is 1. The number of phenolic OH excluding ortho intramolecular Hbond substituents is 1. The average molecular weight is 290 g/mol. The number of hydrogen-bond acceptors (Lipinski definition) is 1. The molecular weight excluding hydrogens is 256 g/mol. The predicted molar refractivity (Wildman–Crippen MR) is 93.0 cm³/mol. The molecule has 0 aliphatic rings. The van der Waals surface area contributed by atoms with Crippen LogP contribution in [0.3, 0.4) is 0 Å². The first-order valence-corrected chi connectivity index (χ1v) is 9.09. The molecule has 1 aromatic carbocycles. The largest absolute Gasteiger partial charge is 0.507 e. The van der Waals surface area contributed by atoms with Crippen LogP contribution in [0.15, 0.2) is 18.2 Å². The molecule has 0 bridgehead atoms. The summed E-state index contributed by atoms with van der Waals surface area (Å²) in [5.74, 6) is 0.572. The number of aryl methyl sites for hydroxylation is 2. The number of rotatable bonds is 12. The Labute approximate surface area is 131 Å². The molecule has 0 saturated heterocycles. The number of benzene rings is 1. The standard InChI is InChI=1S/C20H34O/c1-3-5-7-9-10-12-15-19-17-13-16-18(20(19)21)14-11-8-6-4-2/h13,16-17,21H,3-12,14-15H2,1-2H3. The molecule has 0 radical (unpaired) electrons. The van der Waals surface area contributed by atoms with Crippen molar-refractivity contribution in [1.29, 1.82) is 0 Å². The lowest BCUT2D eigenvalue weighted by molar-refractivity contribution is 0.457. The molecule has 0 unspecified atom stereocenters. The number of phenols is 1. The van der Waals surface area contributed by atoms with Gasteiger partial charge in [0.1, 0.15) is 5.75 Å². The first-order chi connectivity index (χ1) is 10.3. The van der Waals surface area contributed by atoms with Crippen molar-refractivity contribution in [1.82, 2.24) is 0 Å². The van der Waals surface area contributed by atoms with E-state index in [1.54, 1.807) is 0 Å². The highest BCUT2D eigenvalue weighted by Crippen LogP contribution is 2.26. The van der Waals surface area contributed by atoms with Crippen molar-refractivity contribution in [2.24, 2.45) is 0 Å². The van der Waals surface area contributed by atoms with Crippen LogP contribution in [0, 0.1) is 0 Å². The molecule has 0 heterocycles. The van der Waals surface area contributed by atoms with Gasteiger partial charge < -0.3 is 5.11 Å². The minimum atomic E-state index is 0.572. The Balaban J connectivity index is 2.33. The van der Waals surface area contributed by atoms with Gasteiger partial charge >= 0.3 is 0 Å². The van der Waals surface area contributed by atoms with E-state index >= 15 is 0 Å². The highest BCUT2D eigenvalue weighted by Gasteiger charge is 2.06. The Morgan fingerprint density at radius 1 is 0.667 bits per heavy atom. The van der Waals surface area contributed by atoms with Gasteiger partial charge in [0.2, 0.25) is 0 Å². The maximum Gasteiger partial charge on any atom is 0.121 e. The van der Waals surface area contributed by atoms with Crippen LogP contribution in [-0.2, 0) is 12.8 Å². The van der Waals surface area contributed by atoms with Crippen molar-refractivity contribution in [2.45, 2.75) is 90.9 Å². The normalized spacial score (nSPS) is 11.0. The van der Waals surface area contributed by atoms with Gasteiger partial charge in [-0.15, -0.1) is 0 Å². The molecule has 120 valence electrons. The highest BCUT2D eigenvalue weighted by molar-refractivity contribution is 5.40. The number of hydrogen-bond donors (Lipinski definition) is 1. The lowest BCUT2D eigenvalue weighted by atomic mass is 9.99. The summed E-state index contributed by atoms with van der Waals surface area (Å²) in [6.45, 7) is 4.49. The van der Waals surface area contributed by atoms with Gasteiger partial charge in [-0.3, -0.25) is 0 Å². The van der Waals surface area contributed by atoms with Gasteiger partial charge in [0.05, 0.1) is 0 Å². The molecular formula is C20H34O. The third kappa shape index (κ3) is 7.55. The summed E-state index contributed by atoms with van der Waals surface area (Å²) in [6, 6.07) is 6.30. The van der Waals surface area contributed by atoms with E-state index < -0.39 is 0 Å². The van der Waals surface area contributed by atoms with E-state index in [1.807, 2.05) is 0 Å². The molecule has 0 fully saturated rings. The van der Waals surface area contributed by atoms with Crippen molar-refractivity contribution in [2.75, 3.05) is 0 Å². The monoisotopic (exact) mass is 290 g/mol. The van der Waals surface area contributed by atoms with Gasteiger partial charge in [0.25, 0.3) is 0 Å². The summed E-state index contributed by atoms with van der Waals surface area (Å²) in [7, 11) is 0. The van der Waals surface area contributed by atoms with E-state index in [1.165, 1.54) is 64.2 Å². The quantitative estimate of drug-likeness (QED) is 0.440. The lowest BCUT2D eigenvalue weighted by Gasteiger charge is -2.10. The van der Waals surface area contributed by atoms with Crippen LogP contribution in [0.2, 0.25) is 0 Å². The van der Waals surface area contributed by atoms with Crippen molar-refractivity contribution in [3.8, 4) is 5.75 Å². The molecule has 1 aromatic rings. The third-order valence-electron chi connectivity index (χ3n) is 4.30. The fraction of sp³-hybridized carbons (Fsp3) is 0.700. The van der Waals surface area contributed by atoms with Crippen molar-refractivity contribution < 1.29 is 5.11 Å². The fourth-order valence-corrected chi connectivity index (χ4v) is 2.89. The molecule has 1 nitrogen and oxygen atoms in total. The summed E-state index contributed by atoms with van der Waals surface area (Å²) in [6.07, 6.45) is 15.0. The molecule has 0 saturated carbocycles. The molecule has 0 amide bonds. The zero-order chi connectivity index (χ0) is 15.3. The van der Waals surface area contributed by atoms with Crippen LogP contribution in [0.4, 0.5) is 0 Å². The molecule has 0 aromatic heterocycles. The van der Waals surface area contributed by atoms with E-state index in [0.29, 0.717) is 5.75 Å². The van der Waals surface area contributed by atoms with E-state index in [0.717, 1.165) is 24.0 Å². The Morgan fingerprint density at radius 3 is 1.62 bits per heavy atom. The molecule has 0 atom stereocenters. The predicted octanol–water partition coefficient (Wildman–Crippen LogP) is 6.42. The van der Waals surface area contributed by atoms with Crippen molar-refractivity contribution in [3.05, 3.63) is 29.3 Å². The number of unbranched alkanes of at least 4 members (excludes halogenated alkanes) is 8. The average Bonchev–Trinajstić information content (AvgIpc) is 2.50. The second-order valence-electron chi connectivity index (χ2n) is 6.25. The smallest absolute Gasteiger partial charge is 0.121 e. The minimum Gasteiger partial charge on any atom is -0.507 e. The van der Waals surface area contributed by atoms with Crippen LogP contribution in [0.1, 0.15) is 89.2 Å². The molecule has 1 N–H and O–H groups in total. The van der Waals surface area contributed by atoms with Gasteiger partial charge in [0.15, 0.2) is 0 Å². The van der Waals surface area contributed by atoms with Crippen molar-refractivity contribution in [3.63, 3.8) is 0 Å². The topological polar surface area (TPSA) is 20.2 Å². The Bertz CT molecular complexity index is 370. The Kier molecular flexibility index (Phi) is 10.0. The van der Waals surface area contributed by atoms with E-state index in [4.69, 9.17) is 0 Å². The molecule has 0 spiro atoms. The zero-order valence-electron chi connectivity index (χ0n) is 14.2. The first kappa shape index (κ1) is 18.1. The van der Waals surface area contributed by atoms with Crippen LogP contribution in [0.5, 0.6) is 5.75 Å². The van der Waals surface area contributed by atoms with Crippen LogP contribution in [0.25, 0.3) is 0 Å². The van der Waals surface area contributed by atoms with E-state index in [9.17, 15) is 5.11 Å². The summed E-state index contributed by atoms with van der Waals surface area (Å²) >= 11 is 0. The number of aromatic hydroxyl groups is 1. The van der Waals surface area contributed by atoms with Gasteiger partial charge in [-0.25, -0.2) is 0 Å². The first-order valence-electron chi connectivity index (χ1n) is 9.09. The molecule has 0 aliphatic heterocycles. The molecule has 21 heavy (non-hydrogen) atoms. The maximum absolute atomic E-state index is 10.4. The van der Waals surface area contributed by atoms with Crippen LogP contribution >= 0.6 is 0 Å². The van der Waals surface area contributed by atoms with Crippen LogP contribution < -0.4 is 0 Å².